The van der Waals surface area contributed by atoms with Crippen LogP contribution in [-0.4, -0.2) is 34.2 Å². The van der Waals surface area contributed by atoms with Crippen molar-refractivity contribution in [2.24, 2.45) is 0 Å². The zero-order valence-corrected chi connectivity index (χ0v) is 17.9. The van der Waals surface area contributed by atoms with E-state index in [2.05, 4.69) is 5.32 Å². The van der Waals surface area contributed by atoms with Crippen LogP contribution in [0.15, 0.2) is 36.4 Å². The summed E-state index contributed by atoms with van der Waals surface area (Å²) in [4.78, 5) is 12.3. The third kappa shape index (κ3) is 5.48. The molecular formula is C21H28N2O4S. The highest BCUT2D eigenvalue weighted by atomic mass is 32.2. The van der Waals surface area contributed by atoms with E-state index in [1.165, 1.54) is 10.6 Å². The van der Waals surface area contributed by atoms with E-state index in [1.54, 1.807) is 19.2 Å². The highest BCUT2D eigenvalue weighted by Gasteiger charge is 2.20. The van der Waals surface area contributed by atoms with Crippen LogP contribution in [-0.2, 0) is 14.8 Å². The predicted molar refractivity (Wildman–Crippen MR) is 114 cm³/mol. The summed E-state index contributed by atoms with van der Waals surface area (Å²) in [6.07, 6.45) is 1.79. The summed E-state index contributed by atoms with van der Waals surface area (Å²) in [5.74, 6) is 0.408. The maximum atomic E-state index is 12.3. The minimum absolute atomic E-state index is 0.182. The molecule has 1 amide bonds. The summed E-state index contributed by atoms with van der Waals surface area (Å²) in [5, 5.41) is 2.84. The highest BCUT2D eigenvalue weighted by Crippen LogP contribution is 2.27. The van der Waals surface area contributed by atoms with Crippen molar-refractivity contribution in [3.8, 4) is 5.75 Å². The van der Waals surface area contributed by atoms with Gasteiger partial charge in [-0.25, -0.2) is 8.42 Å². The number of hydrogen-bond donors (Lipinski definition) is 1. The molecule has 0 atom stereocenters. The molecule has 7 heteroatoms. The van der Waals surface area contributed by atoms with E-state index in [0.29, 0.717) is 23.5 Å². The van der Waals surface area contributed by atoms with Crippen LogP contribution in [0.2, 0.25) is 0 Å². The lowest BCUT2D eigenvalue weighted by Crippen LogP contribution is -2.32. The molecule has 152 valence electrons. The number of methoxy groups -OCH3 is 1. The molecule has 0 saturated carbocycles. The molecule has 0 bridgehead atoms. The van der Waals surface area contributed by atoms with E-state index in [4.69, 9.17) is 4.74 Å². The predicted octanol–water partition coefficient (Wildman–Crippen LogP) is 3.81. The molecule has 0 spiro atoms. The van der Waals surface area contributed by atoms with Crippen LogP contribution in [0.3, 0.4) is 0 Å². The number of nitrogens with one attached hydrogen (secondary N) is 1. The van der Waals surface area contributed by atoms with Crippen molar-refractivity contribution in [2.75, 3.05) is 29.5 Å². The second kappa shape index (κ2) is 9.10. The monoisotopic (exact) mass is 404 g/mol. The Balaban J connectivity index is 2.06. The maximum absolute atomic E-state index is 12.3. The van der Waals surface area contributed by atoms with Gasteiger partial charge in [-0.3, -0.25) is 9.10 Å². The lowest BCUT2D eigenvalue weighted by atomic mass is 10.1. The first-order valence-corrected chi connectivity index (χ1v) is 11.0. The molecular weight excluding hydrogens is 376 g/mol. The Kier molecular flexibility index (Phi) is 7.07. The number of hydrogen-bond acceptors (Lipinski definition) is 4. The van der Waals surface area contributed by atoms with Gasteiger partial charge in [0.1, 0.15) is 5.75 Å². The highest BCUT2D eigenvalue weighted by molar-refractivity contribution is 7.92. The average molecular weight is 405 g/mol. The molecule has 0 saturated heterocycles. The number of nitrogens with zero attached hydrogens (tertiary/aromatic N) is 1. The van der Waals surface area contributed by atoms with Gasteiger partial charge < -0.3 is 10.1 Å². The van der Waals surface area contributed by atoms with E-state index in [-0.39, 0.29) is 18.9 Å². The van der Waals surface area contributed by atoms with Gasteiger partial charge in [0, 0.05) is 13.0 Å². The van der Waals surface area contributed by atoms with Gasteiger partial charge in [-0.05, 0) is 62.1 Å². The minimum atomic E-state index is -3.45. The standard InChI is InChI=1S/C21H28N2O4S/c1-15-11-12-20(27-4)18(14-15)22-21(24)10-7-13-23(28(5,25)26)19-9-6-8-16(2)17(19)3/h6,8-9,11-12,14H,7,10,13H2,1-5H3,(H,22,24). The van der Waals surface area contributed by atoms with Crippen molar-refractivity contribution in [3.63, 3.8) is 0 Å². The molecule has 0 aliphatic rings. The molecule has 0 radical (unpaired) electrons. The largest absolute Gasteiger partial charge is 0.495 e. The molecule has 0 fully saturated rings. The fourth-order valence-electron chi connectivity index (χ4n) is 2.99. The molecule has 28 heavy (non-hydrogen) atoms. The first-order chi connectivity index (χ1) is 13.1. The number of ether oxygens (including phenoxy) is 1. The summed E-state index contributed by atoms with van der Waals surface area (Å²) in [7, 11) is -1.90. The number of rotatable bonds is 8. The quantitative estimate of drug-likeness (QED) is 0.726. The zero-order chi connectivity index (χ0) is 20.9. The van der Waals surface area contributed by atoms with Crippen LogP contribution in [0.4, 0.5) is 11.4 Å². The summed E-state index contributed by atoms with van der Waals surface area (Å²) in [5.41, 5.74) is 4.22. The van der Waals surface area contributed by atoms with Crippen LogP contribution in [0.25, 0.3) is 0 Å². The third-order valence-electron chi connectivity index (χ3n) is 4.64. The van der Waals surface area contributed by atoms with E-state index >= 15 is 0 Å². The van der Waals surface area contributed by atoms with Gasteiger partial charge in [0.15, 0.2) is 0 Å². The molecule has 1 N–H and O–H groups in total. The topological polar surface area (TPSA) is 75.7 Å². The number of aryl methyl sites for hydroxylation is 2. The van der Waals surface area contributed by atoms with E-state index in [0.717, 1.165) is 16.7 Å². The Morgan fingerprint density at radius 1 is 1.14 bits per heavy atom. The molecule has 0 heterocycles. The van der Waals surface area contributed by atoms with Crippen molar-refractivity contribution in [2.45, 2.75) is 33.6 Å². The summed E-state index contributed by atoms with van der Waals surface area (Å²) >= 11 is 0. The Labute approximate surface area is 167 Å². The van der Waals surface area contributed by atoms with Crippen LogP contribution in [0.5, 0.6) is 5.75 Å². The second-order valence-corrected chi connectivity index (χ2v) is 8.82. The van der Waals surface area contributed by atoms with E-state index < -0.39 is 10.0 Å². The SMILES string of the molecule is COc1ccc(C)cc1NC(=O)CCCN(c1cccc(C)c1C)S(C)(=O)=O. The number of carbonyl (C=O) groups is 1. The van der Waals surface area contributed by atoms with Gasteiger partial charge in [0.2, 0.25) is 15.9 Å². The number of amides is 1. The van der Waals surface area contributed by atoms with Crippen molar-refractivity contribution in [1.29, 1.82) is 0 Å². The fraction of sp³-hybridized carbons (Fsp3) is 0.381. The Hall–Kier alpha value is -2.54. The first-order valence-electron chi connectivity index (χ1n) is 9.12. The third-order valence-corrected chi connectivity index (χ3v) is 5.82. The Morgan fingerprint density at radius 3 is 2.50 bits per heavy atom. The van der Waals surface area contributed by atoms with Crippen LogP contribution in [0.1, 0.15) is 29.5 Å². The normalized spacial score (nSPS) is 11.2. The van der Waals surface area contributed by atoms with E-state index in [1.807, 2.05) is 45.0 Å². The van der Waals surface area contributed by atoms with Gasteiger partial charge in [0.05, 0.1) is 24.7 Å². The van der Waals surface area contributed by atoms with Crippen molar-refractivity contribution < 1.29 is 17.9 Å². The first kappa shape index (κ1) is 21.8. The number of carbonyl (C=O) groups excluding carboxylic acids is 1. The molecule has 2 aromatic rings. The lowest BCUT2D eigenvalue weighted by Gasteiger charge is -2.25. The van der Waals surface area contributed by atoms with Crippen molar-refractivity contribution >= 4 is 27.3 Å². The van der Waals surface area contributed by atoms with Gasteiger partial charge >= 0.3 is 0 Å². The Morgan fingerprint density at radius 2 is 1.86 bits per heavy atom. The average Bonchev–Trinajstić information content (AvgIpc) is 2.61. The van der Waals surface area contributed by atoms with Gasteiger partial charge in [-0.2, -0.15) is 0 Å². The van der Waals surface area contributed by atoms with Gasteiger partial charge in [0.25, 0.3) is 0 Å². The summed E-state index contributed by atoms with van der Waals surface area (Å²) < 4.78 is 31.2. The number of anilines is 2. The fourth-order valence-corrected chi connectivity index (χ4v) is 4.00. The van der Waals surface area contributed by atoms with Crippen molar-refractivity contribution in [1.82, 2.24) is 0 Å². The van der Waals surface area contributed by atoms with Crippen LogP contribution < -0.4 is 14.4 Å². The summed E-state index contributed by atoms with van der Waals surface area (Å²) in [6, 6.07) is 11.1. The van der Waals surface area contributed by atoms with Gasteiger partial charge in [-0.1, -0.05) is 18.2 Å². The molecule has 6 nitrogen and oxygen atoms in total. The second-order valence-electron chi connectivity index (χ2n) is 6.91. The van der Waals surface area contributed by atoms with Crippen LogP contribution in [0, 0.1) is 20.8 Å². The molecule has 0 unspecified atom stereocenters. The zero-order valence-electron chi connectivity index (χ0n) is 17.1. The molecule has 2 rings (SSSR count). The molecule has 0 aromatic heterocycles. The van der Waals surface area contributed by atoms with Crippen LogP contribution >= 0.6 is 0 Å². The smallest absolute Gasteiger partial charge is 0.232 e. The molecule has 0 aliphatic heterocycles. The maximum Gasteiger partial charge on any atom is 0.232 e. The minimum Gasteiger partial charge on any atom is -0.495 e. The Bertz CT molecular complexity index is 955. The van der Waals surface area contributed by atoms with E-state index in [9.17, 15) is 13.2 Å². The van der Waals surface area contributed by atoms with Gasteiger partial charge in [-0.15, -0.1) is 0 Å². The summed E-state index contributed by atoms with van der Waals surface area (Å²) in [6.45, 7) is 6.02. The molecule has 0 aliphatic carbocycles. The number of sulfonamides is 1. The van der Waals surface area contributed by atoms with Crippen molar-refractivity contribution in [3.05, 3.63) is 53.1 Å². The molecule has 2 aromatic carbocycles. The number of benzene rings is 2. The lowest BCUT2D eigenvalue weighted by molar-refractivity contribution is -0.116.